The molecule has 1 atom stereocenters. The summed E-state index contributed by atoms with van der Waals surface area (Å²) in [5.74, 6) is -0.960. The molecule has 0 radical (unpaired) electrons. The quantitative estimate of drug-likeness (QED) is 0.735. The van der Waals surface area contributed by atoms with E-state index in [0.717, 1.165) is 12.1 Å². The average Bonchev–Trinajstić information content (AvgIpc) is 2.63. The van der Waals surface area contributed by atoms with Gasteiger partial charge in [-0.3, -0.25) is 0 Å². The van der Waals surface area contributed by atoms with Crippen molar-refractivity contribution in [3.05, 3.63) is 35.1 Å². The molecule has 0 saturated carbocycles. The van der Waals surface area contributed by atoms with Crippen LogP contribution in [0.5, 0.6) is 0 Å². The normalized spacial score (nSPS) is 20.0. The SMILES string of the molecule is O=C1NC[C@H](c2ccc(F)cc2C(F)(F)F)N1. The van der Waals surface area contributed by atoms with E-state index in [2.05, 4.69) is 10.6 Å². The zero-order chi connectivity index (χ0) is 12.6. The van der Waals surface area contributed by atoms with E-state index in [1.54, 1.807) is 0 Å². The van der Waals surface area contributed by atoms with Crippen molar-refractivity contribution in [3.63, 3.8) is 0 Å². The van der Waals surface area contributed by atoms with Gasteiger partial charge in [0.25, 0.3) is 0 Å². The summed E-state index contributed by atoms with van der Waals surface area (Å²) in [5.41, 5.74) is -1.20. The van der Waals surface area contributed by atoms with Crippen molar-refractivity contribution in [1.82, 2.24) is 10.6 Å². The second-order valence-corrected chi connectivity index (χ2v) is 3.64. The molecule has 7 heteroatoms. The highest BCUT2D eigenvalue weighted by molar-refractivity contribution is 5.77. The van der Waals surface area contributed by atoms with Gasteiger partial charge in [0, 0.05) is 6.54 Å². The molecule has 3 nitrogen and oxygen atoms in total. The Morgan fingerprint density at radius 1 is 1.29 bits per heavy atom. The molecule has 0 bridgehead atoms. The van der Waals surface area contributed by atoms with Gasteiger partial charge in [-0.25, -0.2) is 9.18 Å². The Morgan fingerprint density at radius 2 is 2.00 bits per heavy atom. The third-order valence-electron chi connectivity index (χ3n) is 2.47. The maximum absolute atomic E-state index is 12.8. The van der Waals surface area contributed by atoms with Crippen LogP contribution in [0.4, 0.5) is 22.4 Å². The molecule has 0 unspecified atom stereocenters. The predicted molar refractivity (Wildman–Crippen MR) is 50.7 cm³/mol. The number of halogens is 4. The predicted octanol–water partition coefficient (Wildman–Crippen LogP) is 2.20. The lowest BCUT2D eigenvalue weighted by Crippen LogP contribution is -2.23. The van der Waals surface area contributed by atoms with Crippen LogP contribution in [0.2, 0.25) is 0 Å². The molecule has 1 fully saturated rings. The zero-order valence-corrected chi connectivity index (χ0v) is 8.44. The minimum absolute atomic E-state index is 0.0492. The number of carbonyl (C=O) groups excluding carboxylic acids is 1. The minimum Gasteiger partial charge on any atom is -0.336 e. The lowest BCUT2D eigenvalue weighted by Gasteiger charge is -2.16. The van der Waals surface area contributed by atoms with Crippen LogP contribution in [-0.2, 0) is 6.18 Å². The van der Waals surface area contributed by atoms with Gasteiger partial charge in [0.15, 0.2) is 0 Å². The van der Waals surface area contributed by atoms with Crippen molar-refractivity contribution in [3.8, 4) is 0 Å². The summed E-state index contributed by atoms with van der Waals surface area (Å²) in [6.07, 6.45) is -4.65. The van der Waals surface area contributed by atoms with Gasteiger partial charge < -0.3 is 10.6 Å². The topological polar surface area (TPSA) is 41.1 Å². The zero-order valence-electron chi connectivity index (χ0n) is 8.44. The molecule has 1 aromatic carbocycles. The van der Waals surface area contributed by atoms with Crippen LogP contribution in [-0.4, -0.2) is 12.6 Å². The number of hydrogen-bond acceptors (Lipinski definition) is 1. The van der Waals surface area contributed by atoms with Crippen LogP contribution >= 0.6 is 0 Å². The molecule has 2 rings (SSSR count). The summed E-state index contributed by atoms with van der Waals surface area (Å²) < 4.78 is 50.9. The van der Waals surface area contributed by atoms with E-state index in [1.165, 1.54) is 0 Å². The van der Waals surface area contributed by atoms with Gasteiger partial charge >= 0.3 is 12.2 Å². The Hall–Kier alpha value is -1.79. The largest absolute Gasteiger partial charge is 0.416 e. The van der Waals surface area contributed by atoms with E-state index in [0.29, 0.717) is 6.07 Å². The maximum Gasteiger partial charge on any atom is 0.416 e. The number of urea groups is 1. The molecule has 0 spiro atoms. The molecule has 2 amide bonds. The first-order chi connectivity index (χ1) is 7.88. The lowest BCUT2D eigenvalue weighted by molar-refractivity contribution is -0.138. The minimum atomic E-state index is -4.65. The van der Waals surface area contributed by atoms with Crippen LogP contribution in [0.3, 0.4) is 0 Å². The van der Waals surface area contributed by atoms with Crippen LogP contribution in [0.25, 0.3) is 0 Å². The third-order valence-corrected chi connectivity index (χ3v) is 2.47. The fourth-order valence-corrected chi connectivity index (χ4v) is 1.72. The summed E-state index contributed by atoms with van der Waals surface area (Å²) in [4.78, 5) is 10.9. The molecule has 17 heavy (non-hydrogen) atoms. The molecule has 0 aromatic heterocycles. The van der Waals surface area contributed by atoms with Gasteiger partial charge in [0.2, 0.25) is 0 Å². The van der Waals surface area contributed by atoms with Crippen molar-refractivity contribution in [2.45, 2.75) is 12.2 Å². The Balaban J connectivity index is 2.43. The molecule has 2 N–H and O–H groups in total. The van der Waals surface area contributed by atoms with Crippen LogP contribution in [0.1, 0.15) is 17.2 Å². The molecule has 1 aliphatic heterocycles. The van der Waals surface area contributed by atoms with Crippen molar-refractivity contribution >= 4 is 6.03 Å². The van der Waals surface area contributed by atoms with Gasteiger partial charge in [-0.2, -0.15) is 13.2 Å². The average molecular weight is 248 g/mol. The molecule has 1 aliphatic rings. The van der Waals surface area contributed by atoms with E-state index < -0.39 is 29.6 Å². The maximum atomic E-state index is 12.8. The Labute approximate surface area is 93.8 Å². The van der Waals surface area contributed by atoms with Gasteiger partial charge in [0.05, 0.1) is 11.6 Å². The lowest BCUT2D eigenvalue weighted by atomic mass is 10.0. The first-order valence-electron chi connectivity index (χ1n) is 4.79. The van der Waals surface area contributed by atoms with Gasteiger partial charge in [0.1, 0.15) is 5.82 Å². The summed E-state index contributed by atoms with van der Waals surface area (Å²) in [6.45, 7) is 0.0492. The molecule has 92 valence electrons. The number of hydrogen-bond donors (Lipinski definition) is 2. The fraction of sp³-hybridized carbons (Fsp3) is 0.300. The first kappa shape index (κ1) is 11.7. The summed E-state index contributed by atoms with van der Waals surface area (Å²) >= 11 is 0. The molecule has 0 aliphatic carbocycles. The molecule has 1 aromatic rings. The number of rotatable bonds is 1. The third kappa shape index (κ3) is 2.32. The number of nitrogens with one attached hydrogen (secondary N) is 2. The second-order valence-electron chi connectivity index (χ2n) is 3.64. The molecule has 1 saturated heterocycles. The Kier molecular flexibility index (Phi) is 2.68. The van der Waals surface area contributed by atoms with Crippen molar-refractivity contribution in [1.29, 1.82) is 0 Å². The summed E-state index contributed by atoms with van der Waals surface area (Å²) in [6, 6.07) is 1.08. The van der Waals surface area contributed by atoms with Crippen LogP contribution in [0, 0.1) is 5.82 Å². The number of alkyl halides is 3. The molecule has 1 heterocycles. The van der Waals surface area contributed by atoms with Crippen molar-refractivity contribution < 1.29 is 22.4 Å². The van der Waals surface area contributed by atoms with Gasteiger partial charge in [-0.15, -0.1) is 0 Å². The smallest absolute Gasteiger partial charge is 0.336 e. The standard InChI is InChI=1S/C10H8F4N2O/c11-5-1-2-6(7(3-5)10(12,13)14)8-4-15-9(17)16-8/h1-3,8H,4H2,(H2,15,16,17)/t8-/m1/s1. The fourth-order valence-electron chi connectivity index (χ4n) is 1.72. The highest BCUT2D eigenvalue weighted by Gasteiger charge is 2.37. The van der Waals surface area contributed by atoms with Crippen molar-refractivity contribution in [2.75, 3.05) is 6.54 Å². The second kappa shape index (κ2) is 3.90. The molecular weight excluding hydrogens is 240 g/mol. The van der Waals surface area contributed by atoms with Gasteiger partial charge in [-0.05, 0) is 17.7 Å². The van der Waals surface area contributed by atoms with E-state index in [1.807, 2.05) is 0 Å². The highest BCUT2D eigenvalue weighted by Crippen LogP contribution is 2.35. The molecular formula is C10H8F4N2O. The Bertz CT molecular complexity index is 458. The van der Waals surface area contributed by atoms with E-state index in [-0.39, 0.29) is 12.1 Å². The number of amides is 2. The van der Waals surface area contributed by atoms with E-state index >= 15 is 0 Å². The van der Waals surface area contributed by atoms with Gasteiger partial charge in [-0.1, -0.05) is 6.07 Å². The summed E-state index contributed by atoms with van der Waals surface area (Å²) in [5, 5.41) is 4.68. The Morgan fingerprint density at radius 3 is 2.53 bits per heavy atom. The van der Waals surface area contributed by atoms with Crippen LogP contribution < -0.4 is 10.6 Å². The van der Waals surface area contributed by atoms with Crippen LogP contribution in [0.15, 0.2) is 18.2 Å². The highest BCUT2D eigenvalue weighted by atomic mass is 19.4. The van der Waals surface area contributed by atoms with E-state index in [4.69, 9.17) is 0 Å². The number of carbonyl (C=O) groups is 1. The summed E-state index contributed by atoms with van der Waals surface area (Å²) in [7, 11) is 0. The van der Waals surface area contributed by atoms with E-state index in [9.17, 15) is 22.4 Å². The monoisotopic (exact) mass is 248 g/mol. The first-order valence-corrected chi connectivity index (χ1v) is 4.79. The van der Waals surface area contributed by atoms with Crippen molar-refractivity contribution in [2.24, 2.45) is 0 Å². The number of benzene rings is 1.